The molecule has 0 fully saturated rings. The van der Waals surface area contributed by atoms with E-state index in [1.54, 1.807) is 0 Å². The minimum absolute atomic E-state index is 0.374. The van der Waals surface area contributed by atoms with E-state index in [1.807, 2.05) is 6.92 Å². The summed E-state index contributed by atoms with van der Waals surface area (Å²) in [6.07, 6.45) is 3.40. The average molecular weight is 204 g/mol. The third-order valence-electron chi connectivity index (χ3n) is 2.60. The van der Waals surface area contributed by atoms with Gasteiger partial charge in [-0.25, -0.2) is 0 Å². The number of benzene rings is 1. The molecule has 0 unspecified atom stereocenters. The predicted molar refractivity (Wildman–Crippen MR) is 64.2 cm³/mol. The van der Waals surface area contributed by atoms with Crippen LogP contribution in [0.1, 0.15) is 42.9 Å². The highest BCUT2D eigenvalue weighted by molar-refractivity contribution is 5.77. The lowest BCUT2D eigenvalue weighted by atomic mass is 10.0. The van der Waals surface area contributed by atoms with Crippen LogP contribution in [0, 0.1) is 13.8 Å². The molecule has 0 aliphatic carbocycles. The Morgan fingerprint density at radius 2 is 1.73 bits per heavy atom. The summed E-state index contributed by atoms with van der Waals surface area (Å²) in [5, 5.41) is 0. The standard InChI is InChI=1S/C14H20O/c1-4-14(15)7-5-6-13-9-11(2)8-12(3)10-13/h8-10H,4-7H2,1-3H3. The second-order valence-electron chi connectivity index (χ2n) is 4.24. The van der Waals surface area contributed by atoms with Crippen LogP contribution in [0.5, 0.6) is 0 Å². The lowest BCUT2D eigenvalue weighted by Crippen LogP contribution is -1.96. The number of carbonyl (C=O) groups excluding carboxylic acids is 1. The zero-order valence-electron chi connectivity index (χ0n) is 9.97. The van der Waals surface area contributed by atoms with Crippen LogP contribution in [-0.4, -0.2) is 5.78 Å². The molecule has 0 aromatic heterocycles. The van der Waals surface area contributed by atoms with Crippen molar-refractivity contribution in [1.82, 2.24) is 0 Å². The lowest BCUT2D eigenvalue weighted by Gasteiger charge is -2.04. The molecule has 0 heterocycles. The van der Waals surface area contributed by atoms with Crippen molar-refractivity contribution >= 4 is 5.78 Å². The average Bonchev–Trinajstić information content (AvgIpc) is 2.16. The van der Waals surface area contributed by atoms with Gasteiger partial charge in [-0.2, -0.15) is 0 Å². The molecule has 0 N–H and O–H groups in total. The maximum Gasteiger partial charge on any atom is 0.132 e. The highest BCUT2D eigenvalue weighted by atomic mass is 16.1. The van der Waals surface area contributed by atoms with Crippen LogP contribution in [0.3, 0.4) is 0 Å². The van der Waals surface area contributed by atoms with Crippen molar-refractivity contribution < 1.29 is 4.79 Å². The zero-order chi connectivity index (χ0) is 11.3. The third-order valence-corrected chi connectivity index (χ3v) is 2.60. The summed E-state index contributed by atoms with van der Waals surface area (Å²) in [6.45, 7) is 6.17. The Bertz CT molecular complexity index is 319. The van der Waals surface area contributed by atoms with Gasteiger partial charge in [0.1, 0.15) is 5.78 Å². The summed E-state index contributed by atoms with van der Waals surface area (Å²) in [7, 11) is 0. The van der Waals surface area contributed by atoms with Gasteiger partial charge >= 0.3 is 0 Å². The molecule has 0 bridgehead atoms. The van der Waals surface area contributed by atoms with Crippen LogP contribution in [0.15, 0.2) is 18.2 Å². The van der Waals surface area contributed by atoms with Crippen molar-refractivity contribution in [2.45, 2.75) is 46.5 Å². The Morgan fingerprint density at radius 1 is 1.13 bits per heavy atom. The molecule has 0 atom stereocenters. The number of aryl methyl sites for hydroxylation is 3. The summed E-state index contributed by atoms with van der Waals surface area (Å²) >= 11 is 0. The Hall–Kier alpha value is -1.11. The number of Topliss-reactive ketones (excluding diaryl/α,β-unsaturated/α-hetero) is 1. The van der Waals surface area contributed by atoms with Crippen molar-refractivity contribution in [3.8, 4) is 0 Å². The topological polar surface area (TPSA) is 17.1 Å². The molecule has 0 amide bonds. The monoisotopic (exact) mass is 204 g/mol. The number of rotatable bonds is 5. The van der Waals surface area contributed by atoms with E-state index in [0.29, 0.717) is 12.2 Å². The van der Waals surface area contributed by atoms with E-state index in [-0.39, 0.29) is 0 Å². The van der Waals surface area contributed by atoms with E-state index in [4.69, 9.17) is 0 Å². The number of hydrogen-bond acceptors (Lipinski definition) is 1. The molecule has 1 aromatic rings. The number of hydrogen-bond donors (Lipinski definition) is 0. The lowest BCUT2D eigenvalue weighted by molar-refractivity contribution is -0.118. The van der Waals surface area contributed by atoms with Gasteiger partial charge in [0, 0.05) is 12.8 Å². The summed E-state index contributed by atoms with van der Waals surface area (Å²) in [6, 6.07) is 6.60. The van der Waals surface area contributed by atoms with Crippen LogP contribution in [0.2, 0.25) is 0 Å². The molecule has 1 rings (SSSR count). The molecule has 1 nitrogen and oxygen atoms in total. The van der Waals surface area contributed by atoms with Crippen LogP contribution in [-0.2, 0) is 11.2 Å². The Labute approximate surface area is 92.5 Å². The SMILES string of the molecule is CCC(=O)CCCc1cc(C)cc(C)c1. The van der Waals surface area contributed by atoms with Gasteiger partial charge in [-0.1, -0.05) is 36.2 Å². The van der Waals surface area contributed by atoms with Gasteiger partial charge in [-0.3, -0.25) is 4.79 Å². The molecule has 0 aliphatic rings. The van der Waals surface area contributed by atoms with Gasteiger partial charge in [0.15, 0.2) is 0 Å². The van der Waals surface area contributed by atoms with Gasteiger partial charge in [0.25, 0.3) is 0 Å². The molecule has 0 spiro atoms. The summed E-state index contributed by atoms with van der Waals surface area (Å²) < 4.78 is 0. The number of carbonyl (C=O) groups is 1. The van der Waals surface area contributed by atoms with Gasteiger partial charge in [0.05, 0.1) is 0 Å². The fraction of sp³-hybridized carbons (Fsp3) is 0.500. The van der Waals surface area contributed by atoms with E-state index in [9.17, 15) is 4.79 Å². The molecule has 82 valence electrons. The normalized spacial score (nSPS) is 10.3. The molecule has 0 saturated heterocycles. The van der Waals surface area contributed by atoms with Gasteiger partial charge in [0.2, 0.25) is 0 Å². The van der Waals surface area contributed by atoms with Gasteiger partial charge < -0.3 is 0 Å². The number of ketones is 1. The third kappa shape index (κ3) is 4.28. The van der Waals surface area contributed by atoms with E-state index in [0.717, 1.165) is 19.3 Å². The first-order valence-corrected chi connectivity index (χ1v) is 5.70. The van der Waals surface area contributed by atoms with E-state index < -0.39 is 0 Å². The highest BCUT2D eigenvalue weighted by Crippen LogP contribution is 2.11. The largest absolute Gasteiger partial charge is 0.300 e. The van der Waals surface area contributed by atoms with Crippen LogP contribution in [0.25, 0.3) is 0 Å². The summed E-state index contributed by atoms with van der Waals surface area (Å²) in [4.78, 5) is 11.1. The van der Waals surface area contributed by atoms with Gasteiger partial charge in [-0.15, -0.1) is 0 Å². The fourth-order valence-corrected chi connectivity index (χ4v) is 1.88. The smallest absolute Gasteiger partial charge is 0.132 e. The first kappa shape index (κ1) is 12.0. The van der Waals surface area contributed by atoms with Crippen molar-refractivity contribution in [3.63, 3.8) is 0 Å². The molecule has 1 heteroatoms. The molecule has 0 radical (unpaired) electrons. The summed E-state index contributed by atoms with van der Waals surface area (Å²) in [5.74, 6) is 0.374. The maximum absolute atomic E-state index is 11.1. The van der Waals surface area contributed by atoms with Crippen molar-refractivity contribution in [1.29, 1.82) is 0 Å². The van der Waals surface area contributed by atoms with Crippen molar-refractivity contribution in [2.75, 3.05) is 0 Å². The Kier molecular flexibility index (Phi) is 4.54. The second kappa shape index (κ2) is 5.69. The first-order valence-electron chi connectivity index (χ1n) is 5.70. The van der Waals surface area contributed by atoms with Crippen LogP contribution in [0.4, 0.5) is 0 Å². The molecular formula is C14H20O. The fourth-order valence-electron chi connectivity index (χ4n) is 1.88. The van der Waals surface area contributed by atoms with Gasteiger partial charge in [-0.05, 0) is 32.3 Å². The maximum atomic E-state index is 11.1. The highest BCUT2D eigenvalue weighted by Gasteiger charge is 2.00. The van der Waals surface area contributed by atoms with Crippen LogP contribution < -0.4 is 0 Å². The minimum atomic E-state index is 0.374. The van der Waals surface area contributed by atoms with Crippen molar-refractivity contribution in [3.05, 3.63) is 34.9 Å². The molecular weight excluding hydrogens is 184 g/mol. The van der Waals surface area contributed by atoms with E-state index >= 15 is 0 Å². The Balaban J connectivity index is 2.47. The predicted octanol–water partition coefficient (Wildman–Crippen LogP) is 3.61. The van der Waals surface area contributed by atoms with E-state index in [2.05, 4.69) is 32.0 Å². The molecule has 1 aromatic carbocycles. The Morgan fingerprint density at radius 3 is 2.27 bits per heavy atom. The van der Waals surface area contributed by atoms with Crippen LogP contribution >= 0.6 is 0 Å². The summed E-state index contributed by atoms with van der Waals surface area (Å²) in [5.41, 5.74) is 3.98. The minimum Gasteiger partial charge on any atom is -0.300 e. The second-order valence-corrected chi connectivity index (χ2v) is 4.24. The molecule has 15 heavy (non-hydrogen) atoms. The quantitative estimate of drug-likeness (QED) is 0.716. The van der Waals surface area contributed by atoms with E-state index in [1.165, 1.54) is 16.7 Å². The first-order chi connectivity index (χ1) is 7.11. The zero-order valence-corrected chi connectivity index (χ0v) is 9.97. The van der Waals surface area contributed by atoms with Crippen molar-refractivity contribution in [2.24, 2.45) is 0 Å². The molecule has 0 aliphatic heterocycles. The molecule has 0 saturated carbocycles.